The zero-order valence-electron chi connectivity index (χ0n) is 16.5. The molecule has 0 spiro atoms. The predicted molar refractivity (Wildman–Crippen MR) is 115 cm³/mol. The number of rotatable bonds is 5. The number of hydrogen-bond acceptors (Lipinski definition) is 4. The molecule has 0 unspecified atom stereocenters. The zero-order valence-corrected chi connectivity index (χ0v) is 17.2. The van der Waals surface area contributed by atoms with Crippen LogP contribution in [0.25, 0.3) is 5.82 Å². The van der Waals surface area contributed by atoms with Crippen molar-refractivity contribution in [1.82, 2.24) is 19.4 Å². The number of piperazine rings is 1. The van der Waals surface area contributed by atoms with Crippen LogP contribution in [-0.2, 0) is 11.2 Å². The molecular weight excluding hydrogens is 386 g/mol. The number of carbonyl (C=O) groups is 1. The van der Waals surface area contributed by atoms with Crippen LogP contribution in [0.4, 0.5) is 5.82 Å². The molecule has 0 radical (unpaired) electrons. The van der Waals surface area contributed by atoms with Gasteiger partial charge in [-0.3, -0.25) is 4.79 Å². The van der Waals surface area contributed by atoms with E-state index >= 15 is 0 Å². The summed E-state index contributed by atoms with van der Waals surface area (Å²) in [5, 5.41) is 0.711. The van der Waals surface area contributed by atoms with Crippen LogP contribution >= 0.6 is 11.6 Å². The topological polar surface area (TPSA) is 54.3 Å². The van der Waals surface area contributed by atoms with E-state index in [0.717, 1.165) is 36.1 Å². The molecule has 29 heavy (non-hydrogen) atoms. The van der Waals surface area contributed by atoms with Crippen LogP contribution in [0.15, 0.2) is 54.9 Å². The quantitative estimate of drug-likeness (QED) is 0.647. The molecule has 1 saturated heterocycles. The molecule has 1 aromatic carbocycles. The maximum Gasteiger partial charge on any atom is 0.223 e. The van der Waals surface area contributed by atoms with E-state index in [1.807, 2.05) is 71.2 Å². The summed E-state index contributed by atoms with van der Waals surface area (Å²) in [5.41, 5.74) is 1.10. The molecule has 3 heterocycles. The molecule has 0 saturated carbocycles. The lowest BCUT2D eigenvalue weighted by Crippen LogP contribution is -2.49. The van der Waals surface area contributed by atoms with Gasteiger partial charge in [0.2, 0.25) is 5.91 Å². The average molecular weight is 410 g/mol. The third-order valence-corrected chi connectivity index (χ3v) is 5.39. The van der Waals surface area contributed by atoms with Crippen molar-refractivity contribution in [2.24, 2.45) is 0 Å². The van der Waals surface area contributed by atoms with Gasteiger partial charge in [0.25, 0.3) is 0 Å². The molecule has 4 rings (SSSR count). The number of amides is 1. The van der Waals surface area contributed by atoms with Crippen LogP contribution in [-0.4, -0.2) is 51.5 Å². The van der Waals surface area contributed by atoms with Gasteiger partial charge in [-0.15, -0.1) is 0 Å². The third-order valence-electron chi connectivity index (χ3n) is 5.15. The Morgan fingerprint density at radius 1 is 1.00 bits per heavy atom. The highest BCUT2D eigenvalue weighted by Crippen LogP contribution is 2.18. The summed E-state index contributed by atoms with van der Waals surface area (Å²) in [6.45, 7) is 4.85. The number of nitrogens with zero attached hydrogens (tertiary/aromatic N) is 5. The second kappa shape index (κ2) is 8.66. The fourth-order valence-corrected chi connectivity index (χ4v) is 3.82. The van der Waals surface area contributed by atoms with E-state index in [0.29, 0.717) is 31.0 Å². The summed E-state index contributed by atoms with van der Waals surface area (Å²) < 4.78 is 1.98. The molecule has 0 bridgehead atoms. The Balaban J connectivity index is 1.35. The zero-order chi connectivity index (χ0) is 20.2. The van der Waals surface area contributed by atoms with E-state index in [-0.39, 0.29) is 5.91 Å². The second-order valence-corrected chi connectivity index (χ2v) is 7.66. The Morgan fingerprint density at radius 2 is 1.72 bits per heavy atom. The van der Waals surface area contributed by atoms with E-state index in [1.165, 1.54) is 0 Å². The van der Waals surface area contributed by atoms with Crippen LogP contribution in [0.5, 0.6) is 0 Å². The van der Waals surface area contributed by atoms with Crippen molar-refractivity contribution in [2.75, 3.05) is 31.1 Å². The molecule has 6 nitrogen and oxygen atoms in total. The SMILES string of the molecule is Cc1nc(N2CCN(C(=O)CCc3cccc(Cl)c3)CC2)cc(-n2cccc2)n1. The van der Waals surface area contributed by atoms with Crippen molar-refractivity contribution in [3.63, 3.8) is 0 Å². The molecular formula is C22H24ClN5O. The van der Waals surface area contributed by atoms with Crippen LogP contribution in [0, 0.1) is 6.92 Å². The first-order valence-corrected chi connectivity index (χ1v) is 10.2. The second-order valence-electron chi connectivity index (χ2n) is 7.22. The van der Waals surface area contributed by atoms with Gasteiger partial charge in [0.05, 0.1) is 0 Å². The van der Waals surface area contributed by atoms with Crippen molar-refractivity contribution in [2.45, 2.75) is 19.8 Å². The Kier molecular flexibility index (Phi) is 5.81. The van der Waals surface area contributed by atoms with E-state index in [9.17, 15) is 4.79 Å². The fraction of sp³-hybridized carbons (Fsp3) is 0.318. The van der Waals surface area contributed by atoms with Gasteiger partial charge in [0.1, 0.15) is 17.5 Å². The maximum atomic E-state index is 12.6. The molecule has 1 aliphatic heterocycles. The molecule has 3 aromatic rings. The number of hydrogen-bond donors (Lipinski definition) is 0. The van der Waals surface area contributed by atoms with Crippen molar-refractivity contribution in [3.05, 3.63) is 71.3 Å². The van der Waals surface area contributed by atoms with Gasteiger partial charge in [-0.25, -0.2) is 9.97 Å². The number of halogens is 1. The number of benzene rings is 1. The highest BCUT2D eigenvalue weighted by Gasteiger charge is 2.22. The lowest BCUT2D eigenvalue weighted by Gasteiger charge is -2.35. The van der Waals surface area contributed by atoms with Crippen LogP contribution in [0.3, 0.4) is 0 Å². The van der Waals surface area contributed by atoms with Crippen molar-refractivity contribution in [3.8, 4) is 5.82 Å². The summed E-state index contributed by atoms with van der Waals surface area (Å²) in [4.78, 5) is 25.9. The Morgan fingerprint density at radius 3 is 2.45 bits per heavy atom. The first kappa shape index (κ1) is 19.5. The van der Waals surface area contributed by atoms with Crippen LogP contribution in [0.1, 0.15) is 17.8 Å². The highest BCUT2D eigenvalue weighted by molar-refractivity contribution is 6.30. The molecule has 0 N–H and O–H groups in total. The molecule has 150 valence electrons. The Labute approximate surface area is 175 Å². The van der Waals surface area contributed by atoms with E-state index in [1.54, 1.807) is 0 Å². The molecule has 0 aliphatic carbocycles. The van der Waals surface area contributed by atoms with Gasteiger partial charge in [-0.2, -0.15) is 0 Å². The van der Waals surface area contributed by atoms with Gasteiger partial charge in [0.15, 0.2) is 0 Å². The van der Waals surface area contributed by atoms with E-state index < -0.39 is 0 Å². The van der Waals surface area contributed by atoms with Crippen LogP contribution < -0.4 is 4.90 Å². The summed E-state index contributed by atoms with van der Waals surface area (Å²) in [6, 6.07) is 13.7. The van der Waals surface area contributed by atoms with Gasteiger partial charge in [-0.05, 0) is 43.2 Å². The Hall–Kier alpha value is -2.86. The lowest BCUT2D eigenvalue weighted by atomic mass is 10.1. The van der Waals surface area contributed by atoms with Gasteiger partial charge < -0.3 is 14.4 Å². The minimum absolute atomic E-state index is 0.191. The monoisotopic (exact) mass is 409 g/mol. The molecule has 1 amide bonds. The number of carbonyl (C=O) groups excluding carboxylic acids is 1. The first-order chi connectivity index (χ1) is 14.1. The smallest absolute Gasteiger partial charge is 0.223 e. The lowest BCUT2D eigenvalue weighted by molar-refractivity contribution is -0.131. The van der Waals surface area contributed by atoms with Crippen LogP contribution in [0.2, 0.25) is 5.02 Å². The number of aromatic nitrogens is 3. The Bertz CT molecular complexity index is 981. The molecule has 2 aromatic heterocycles. The summed E-state index contributed by atoms with van der Waals surface area (Å²) in [6.07, 6.45) is 5.17. The molecule has 7 heteroatoms. The minimum Gasteiger partial charge on any atom is -0.353 e. The summed E-state index contributed by atoms with van der Waals surface area (Å²) in [5.74, 6) is 2.70. The fourth-order valence-electron chi connectivity index (χ4n) is 3.60. The van der Waals surface area contributed by atoms with Crippen molar-refractivity contribution < 1.29 is 4.79 Å². The average Bonchev–Trinajstić information content (AvgIpc) is 3.27. The summed E-state index contributed by atoms with van der Waals surface area (Å²) in [7, 11) is 0. The predicted octanol–water partition coefficient (Wildman–Crippen LogP) is 3.51. The van der Waals surface area contributed by atoms with Crippen molar-refractivity contribution in [1.29, 1.82) is 0 Å². The normalized spacial score (nSPS) is 14.3. The summed E-state index contributed by atoms with van der Waals surface area (Å²) >= 11 is 6.03. The number of anilines is 1. The highest BCUT2D eigenvalue weighted by atomic mass is 35.5. The standard InChI is InChI=1S/C22H24ClN5O/c1-17-24-20(26-9-2-3-10-26)16-21(25-17)27-11-13-28(14-12-27)22(29)8-7-18-5-4-6-19(23)15-18/h2-6,9-10,15-16H,7-8,11-14H2,1H3. The largest absolute Gasteiger partial charge is 0.353 e. The third kappa shape index (κ3) is 4.77. The van der Waals surface area contributed by atoms with Gasteiger partial charge in [-0.1, -0.05) is 23.7 Å². The molecule has 1 aliphatic rings. The van der Waals surface area contributed by atoms with Gasteiger partial charge in [0, 0.05) is 56.1 Å². The minimum atomic E-state index is 0.191. The van der Waals surface area contributed by atoms with Gasteiger partial charge >= 0.3 is 0 Å². The molecule has 0 atom stereocenters. The molecule has 1 fully saturated rings. The number of aryl methyl sites for hydroxylation is 2. The van der Waals surface area contributed by atoms with Crippen molar-refractivity contribution >= 4 is 23.3 Å². The van der Waals surface area contributed by atoms with E-state index in [4.69, 9.17) is 11.6 Å². The first-order valence-electron chi connectivity index (χ1n) is 9.85. The maximum absolute atomic E-state index is 12.6. The van der Waals surface area contributed by atoms with E-state index in [2.05, 4.69) is 14.9 Å².